The first kappa shape index (κ1) is 11.3. The molecule has 1 aromatic carbocycles. The molecule has 15 heavy (non-hydrogen) atoms. The van der Waals surface area contributed by atoms with E-state index in [1.54, 1.807) is 12.1 Å². The maximum absolute atomic E-state index is 11.7. The molecule has 0 bridgehead atoms. The minimum atomic E-state index is -0.0617. The van der Waals surface area contributed by atoms with Gasteiger partial charge in [-0.1, -0.05) is 30.3 Å². The van der Waals surface area contributed by atoms with Crippen LogP contribution in [-0.4, -0.2) is 19.4 Å². The predicted octanol–water partition coefficient (Wildman–Crippen LogP) is 1.97. The fourth-order valence-corrected chi connectivity index (χ4v) is 1.16. The van der Waals surface area contributed by atoms with Crippen molar-refractivity contribution in [2.75, 3.05) is 13.7 Å². The molecule has 0 aromatic heterocycles. The van der Waals surface area contributed by atoms with E-state index in [4.69, 9.17) is 4.74 Å². The summed E-state index contributed by atoms with van der Waals surface area (Å²) in [5.74, 6) is 0.430. The molecule has 0 heterocycles. The van der Waals surface area contributed by atoms with Gasteiger partial charge in [0.05, 0.1) is 7.11 Å². The third kappa shape index (κ3) is 3.46. The number of benzene rings is 1. The van der Waals surface area contributed by atoms with E-state index in [1.807, 2.05) is 25.1 Å². The Balaban J connectivity index is 2.77. The van der Waals surface area contributed by atoms with Crippen molar-refractivity contribution in [1.29, 1.82) is 0 Å². The molecule has 1 rings (SSSR count). The fraction of sp³-hybridized carbons (Fsp3) is 0.250. The van der Waals surface area contributed by atoms with Crippen molar-refractivity contribution in [3.63, 3.8) is 0 Å². The van der Waals surface area contributed by atoms with Crippen molar-refractivity contribution in [3.8, 4) is 0 Å². The second-order valence-corrected chi connectivity index (χ2v) is 2.97. The molecule has 0 aliphatic rings. The van der Waals surface area contributed by atoms with Gasteiger partial charge >= 0.3 is 0 Å². The van der Waals surface area contributed by atoms with Crippen LogP contribution in [0.5, 0.6) is 0 Å². The van der Waals surface area contributed by atoms with Gasteiger partial charge < -0.3 is 10.1 Å². The van der Waals surface area contributed by atoms with Gasteiger partial charge in [-0.25, -0.2) is 0 Å². The van der Waals surface area contributed by atoms with Gasteiger partial charge in [-0.15, -0.1) is 0 Å². The van der Waals surface area contributed by atoms with E-state index >= 15 is 0 Å². The Kier molecular flexibility index (Phi) is 4.41. The van der Waals surface area contributed by atoms with Crippen LogP contribution in [-0.2, 0) is 4.74 Å². The van der Waals surface area contributed by atoms with Crippen molar-refractivity contribution >= 4 is 5.78 Å². The Bertz CT molecular complexity index is 344. The summed E-state index contributed by atoms with van der Waals surface area (Å²) < 4.78 is 5.01. The van der Waals surface area contributed by atoms with E-state index < -0.39 is 0 Å². The van der Waals surface area contributed by atoms with Crippen molar-refractivity contribution in [3.05, 3.63) is 47.9 Å². The van der Waals surface area contributed by atoms with Gasteiger partial charge in [0.25, 0.3) is 0 Å². The van der Waals surface area contributed by atoms with Crippen LogP contribution in [0.3, 0.4) is 0 Å². The number of hydrogen-bond acceptors (Lipinski definition) is 3. The molecule has 0 atom stereocenters. The molecule has 0 radical (unpaired) electrons. The topological polar surface area (TPSA) is 38.3 Å². The van der Waals surface area contributed by atoms with E-state index in [0.717, 1.165) is 6.54 Å². The lowest BCUT2D eigenvalue weighted by atomic mass is 10.1. The van der Waals surface area contributed by atoms with E-state index in [2.05, 4.69) is 5.32 Å². The second kappa shape index (κ2) is 5.86. The Labute approximate surface area is 89.8 Å². The third-order valence-electron chi connectivity index (χ3n) is 1.89. The van der Waals surface area contributed by atoms with Crippen LogP contribution < -0.4 is 5.32 Å². The average Bonchev–Trinajstić information content (AvgIpc) is 2.29. The highest BCUT2D eigenvalue weighted by Gasteiger charge is 2.03. The summed E-state index contributed by atoms with van der Waals surface area (Å²) in [6.07, 6.45) is 1.46. The number of carbonyl (C=O) groups is 1. The molecule has 3 nitrogen and oxygen atoms in total. The summed E-state index contributed by atoms with van der Waals surface area (Å²) in [6, 6.07) is 9.10. The first-order chi connectivity index (χ1) is 7.27. The van der Waals surface area contributed by atoms with E-state index in [9.17, 15) is 4.79 Å². The number of allylic oxidation sites excluding steroid dienone is 1. The van der Waals surface area contributed by atoms with Gasteiger partial charge in [-0.3, -0.25) is 4.79 Å². The van der Waals surface area contributed by atoms with Gasteiger partial charge in [-0.2, -0.15) is 0 Å². The quantitative estimate of drug-likeness (QED) is 0.453. The van der Waals surface area contributed by atoms with E-state index in [0.29, 0.717) is 11.4 Å². The highest BCUT2D eigenvalue weighted by Crippen LogP contribution is 2.02. The lowest BCUT2D eigenvalue weighted by molar-refractivity contribution is 0.104. The Morgan fingerprint density at radius 2 is 2.07 bits per heavy atom. The first-order valence-electron chi connectivity index (χ1n) is 4.87. The highest BCUT2D eigenvalue weighted by atomic mass is 16.5. The van der Waals surface area contributed by atoms with Crippen molar-refractivity contribution in [1.82, 2.24) is 5.32 Å². The summed E-state index contributed by atoms with van der Waals surface area (Å²) in [7, 11) is 1.53. The third-order valence-corrected chi connectivity index (χ3v) is 1.89. The summed E-state index contributed by atoms with van der Waals surface area (Å²) in [5.41, 5.74) is 0.657. The lowest BCUT2D eigenvalue weighted by Crippen LogP contribution is -2.15. The van der Waals surface area contributed by atoms with Gasteiger partial charge in [0.2, 0.25) is 0 Å². The summed E-state index contributed by atoms with van der Waals surface area (Å²) >= 11 is 0. The Morgan fingerprint density at radius 1 is 1.40 bits per heavy atom. The van der Waals surface area contributed by atoms with Gasteiger partial charge in [-0.05, 0) is 6.92 Å². The SMILES string of the molecule is CCNC(=CC(=O)c1ccccc1)OC. The molecule has 0 amide bonds. The number of nitrogens with one attached hydrogen (secondary N) is 1. The molecule has 0 unspecified atom stereocenters. The summed E-state index contributed by atoms with van der Waals surface area (Å²) in [6.45, 7) is 2.67. The van der Waals surface area contributed by atoms with Crippen LogP contribution in [0.4, 0.5) is 0 Å². The van der Waals surface area contributed by atoms with Crippen molar-refractivity contribution in [2.45, 2.75) is 6.92 Å². The summed E-state index contributed by atoms with van der Waals surface area (Å²) in [5, 5.41) is 2.95. The molecular weight excluding hydrogens is 190 g/mol. The second-order valence-electron chi connectivity index (χ2n) is 2.97. The van der Waals surface area contributed by atoms with Crippen LogP contribution in [0.2, 0.25) is 0 Å². The first-order valence-corrected chi connectivity index (χ1v) is 4.87. The normalized spacial score (nSPS) is 10.9. The standard InChI is InChI=1S/C12H15NO2/c1-3-13-12(15-2)9-11(14)10-7-5-4-6-8-10/h4-9,13H,3H2,1-2H3. The molecule has 0 saturated heterocycles. The molecule has 80 valence electrons. The smallest absolute Gasteiger partial charge is 0.191 e. The fourth-order valence-electron chi connectivity index (χ4n) is 1.16. The molecule has 0 saturated carbocycles. The average molecular weight is 205 g/mol. The molecule has 0 spiro atoms. The van der Waals surface area contributed by atoms with Crippen LogP contribution in [0.25, 0.3) is 0 Å². The largest absolute Gasteiger partial charge is 0.482 e. The Morgan fingerprint density at radius 3 is 2.60 bits per heavy atom. The molecule has 1 N–H and O–H groups in total. The molecule has 0 fully saturated rings. The zero-order valence-corrected chi connectivity index (χ0v) is 8.99. The minimum absolute atomic E-state index is 0.0617. The molecule has 1 aromatic rings. The maximum atomic E-state index is 11.7. The summed E-state index contributed by atoms with van der Waals surface area (Å²) in [4.78, 5) is 11.7. The minimum Gasteiger partial charge on any atom is -0.482 e. The zero-order chi connectivity index (χ0) is 11.1. The van der Waals surface area contributed by atoms with Crippen molar-refractivity contribution < 1.29 is 9.53 Å². The van der Waals surface area contributed by atoms with E-state index in [1.165, 1.54) is 13.2 Å². The number of ether oxygens (including phenoxy) is 1. The van der Waals surface area contributed by atoms with Crippen LogP contribution >= 0.6 is 0 Å². The van der Waals surface area contributed by atoms with Crippen molar-refractivity contribution in [2.24, 2.45) is 0 Å². The molecule has 3 heteroatoms. The number of carbonyl (C=O) groups excluding carboxylic acids is 1. The van der Waals surface area contributed by atoms with Crippen LogP contribution in [0.15, 0.2) is 42.3 Å². The molecular formula is C12H15NO2. The van der Waals surface area contributed by atoms with E-state index in [-0.39, 0.29) is 5.78 Å². The Hall–Kier alpha value is -1.77. The van der Waals surface area contributed by atoms with Gasteiger partial charge in [0.1, 0.15) is 0 Å². The molecule has 0 aliphatic carbocycles. The monoisotopic (exact) mass is 205 g/mol. The number of ketones is 1. The zero-order valence-electron chi connectivity index (χ0n) is 8.99. The van der Waals surface area contributed by atoms with Crippen LogP contribution in [0.1, 0.15) is 17.3 Å². The van der Waals surface area contributed by atoms with Gasteiger partial charge in [0, 0.05) is 18.2 Å². The highest BCUT2D eigenvalue weighted by molar-refractivity contribution is 6.04. The number of methoxy groups -OCH3 is 1. The predicted molar refractivity (Wildman–Crippen MR) is 59.5 cm³/mol. The molecule has 0 aliphatic heterocycles. The van der Waals surface area contributed by atoms with Gasteiger partial charge in [0.15, 0.2) is 11.7 Å². The number of rotatable bonds is 5. The lowest BCUT2D eigenvalue weighted by Gasteiger charge is -2.06. The maximum Gasteiger partial charge on any atom is 0.191 e. The number of hydrogen-bond donors (Lipinski definition) is 1. The van der Waals surface area contributed by atoms with Crippen LogP contribution in [0, 0.1) is 0 Å².